The van der Waals surface area contributed by atoms with Crippen LogP contribution < -0.4 is 25.6 Å². The maximum absolute atomic E-state index is 9.62. The van der Waals surface area contributed by atoms with E-state index in [0.717, 1.165) is 64.0 Å². The Morgan fingerprint density at radius 3 is 1.98 bits per heavy atom. The van der Waals surface area contributed by atoms with Crippen LogP contribution in [-0.2, 0) is 5.41 Å². The first-order valence-corrected chi connectivity index (χ1v) is 22.8. The van der Waals surface area contributed by atoms with Gasteiger partial charge in [-0.15, -0.1) is 0 Å². The number of fused-ring (bicyclic) bond motifs is 8. The molecule has 2 atom stereocenters. The van der Waals surface area contributed by atoms with Crippen molar-refractivity contribution in [3.63, 3.8) is 0 Å². The summed E-state index contributed by atoms with van der Waals surface area (Å²) in [5, 5.41) is 2.01. The Bertz CT molecular complexity index is 4020. The number of rotatable bonds is 7. The van der Waals surface area contributed by atoms with Gasteiger partial charge in [0.25, 0.3) is 0 Å². The topological polar surface area (TPSA) is 72.6 Å². The minimum absolute atomic E-state index is 0.0427. The fourth-order valence-corrected chi connectivity index (χ4v) is 14.2. The lowest BCUT2D eigenvalue weighted by molar-refractivity contribution is 0.190. The maximum atomic E-state index is 9.62. The van der Waals surface area contributed by atoms with E-state index in [4.69, 9.17) is 32.3 Å². The first-order chi connectivity index (χ1) is 37.2. The summed E-state index contributed by atoms with van der Waals surface area (Å²) in [4.78, 5) is 27.5. The second-order valence-electron chi connectivity index (χ2n) is 16.5. The number of hydrogen-bond acceptors (Lipinski definition) is 6. The molecule has 1 aliphatic carbocycles. The van der Waals surface area contributed by atoms with E-state index in [1.165, 1.54) is 18.5 Å². The molecule has 1 saturated carbocycles. The number of anilines is 2. The molecule has 10 aromatic rings. The highest BCUT2D eigenvalue weighted by Crippen LogP contribution is 2.59. The van der Waals surface area contributed by atoms with Crippen molar-refractivity contribution in [2.24, 2.45) is 0 Å². The Balaban J connectivity index is 1.25. The summed E-state index contributed by atoms with van der Waals surface area (Å²) in [6, 6.07) is 13.4. The van der Waals surface area contributed by atoms with Gasteiger partial charge in [-0.3, -0.25) is 4.57 Å². The SMILES string of the molecule is [2H]c1c([2H])c([2H])c([Si](c2cccc(-c3nc(N4c5cncnc5C5(C)CCCCC45C)nc(-n4c5ccccc5c5c6ccccc6ccc54)n3)c2)(c2c([2H])c([2H])c([2H])c([2H])c2[2H])c2c([2H])c([2H])c([2H])c([2H])c2[2H])c([2H])c1[2H]. The van der Waals surface area contributed by atoms with Crippen LogP contribution in [0.5, 0.6) is 0 Å². The number of hydrogen-bond donors (Lipinski definition) is 0. The van der Waals surface area contributed by atoms with Gasteiger partial charge < -0.3 is 4.90 Å². The molecule has 304 valence electrons. The van der Waals surface area contributed by atoms with Crippen molar-refractivity contribution in [3.8, 4) is 17.3 Å². The van der Waals surface area contributed by atoms with Crippen molar-refractivity contribution in [3.05, 3.63) is 194 Å². The third kappa shape index (κ3) is 5.47. The van der Waals surface area contributed by atoms with Crippen molar-refractivity contribution in [1.82, 2.24) is 29.5 Å². The third-order valence-electron chi connectivity index (χ3n) is 13.5. The van der Waals surface area contributed by atoms with E-state index in [2.05, 4.69) is 29.8 Å². The lowest BCUT2D eigenvalue weighted by Crippen LogP contribution is -2.74. The predicted octanol–water partition coefficient (Wildman–Crippen LogP) is 9.70. The molecule has 0 amide bonds. The molecule has 7 aromatic carbocycles. The number of aromatic nitrogens is 6. The van der Waals surface area contributed by atoms with Gasteiger partial charge in [0, 0.05) is 21.8 Å². The lowest BCUT2D eigenvalue weighted by Gasteiger charge is -2.48. The Labute approximate surface area is 388 Å². The van der Waals surface area contributed by atoms with E-state index in [1.807, 2.05) is 59.2 Å². The van der Waals surface area contributed by atoms with Gasteiger partial charge in [0.05, 0.1) is 54.7 Å². The largest absolute Gasteiger partial charge is 0.300 e. The predicted molar refractivity (Wildman–Crippen MR) is 259 cm³/mol. The second kappa shape index (κ2) is 14.4. The fourth-order valence-electron chi connectivity index (χ4n) is 10.4. The van der Waals surface area contributed by atoms with Gasteiger partial charge in [-0.1, -0.05) is 183 Å². The first-order valence-electron chi connectivity index (χ1n) is 28.3. The minimum Gasteiger partial charge on any atom is -0.300 e. The van der Waals surface area contributed by atoms with Crippen LogP contribution in [0.1, 0.15) is 65.8 Å². The van der Waals surface area contributed by atoms with Crippen LogP contribution in [0.4, 0.5) is 11.6 Å². The summed E-state index contributed by atoms with van der Waals surface area (Å²) >= 11 is 0. The van der Waals surface area contributed by atoms with Crippen LogP contribution in [0.2, 0.25) is 0 Å². The second-order valence-corrected chi connectivity index (χ2v) is 20.1. The van der Waals surface area contributed by atoms with Crippen LogP contribution in [-0.4, -0.2) is 43.1 Å². The van der Waals surface area contributed by atoms with Gasteiger partial charge in [0.15, 0.2) is 13.9 Å². The zero-order valence-electron chi connectivity index (χ0n) is 49.2. The van der Waals surface area contributed by atoms with E-state index in [9.17, 15) is 8.22 Å². The highest BCUT2D eigenvalue weighted by Gasteiger charge is 2.60. The average molecular weight is 847 g/mol. The molecule has 0 N–H and O–H groups in total. The molecule has 8 heteroatoms. The normalized spacial score (nSPS) is 21.8. The molecule has 63 heavy (non-hydrogen) atoms. The minimum atomic E-state index is -5.48. The van der Waals surface area contributed by atoms with Gasteiger partial charge >= 0.3 is 0 Å². The summed E-state index contributed by atoms with van der Waals surface area (Å²) < 4.78 is 140. The molecular formula is C55H45N7Si. The summed E-state index contributed by atoms with van der Waals surface area (Å²) in [5.41, 5.74) is 2.15. The maximum Gasteiger partial charge on any atom is 0.240 e. The Hall–Kier alpha value is -7.29. The van der Waals surface area contributed by atoms with E-state index in [1.54, 1.807) is 18.3 Å². The number of benzene rings is 7. The molecule has 3 aromatic heterocycles. The Morgan fingerprint density at radius 2 is 1.25 bits per heavy atom. The fraction of sp³-hybridized carbons (Fsp3) is 0.145. The molecule has 4 heterocycles. The monoisotopic (exact) mass is 846 g/mol. The molecule has 0 radical (unpaired) electrons. The van der Waals surface area contributed by atoms with Crippen LogP contribution >= 0.6 is 0 Å². The van der Waals surface area contributed by atoms with Crippen molar-refractivity contribution in [2.45, 2.75) is 50.5 Å². The Morgan fingerprint density at radius 1 is 0.603 bits per heavy atom. The molecule has 0 spiro atoms. The van der Waals surface area contributed by atoms with Crippen LogP contribution in [0.3, 0.4) is 0 Å². The van der Waals surface area contributed by atoms with Crippen molar-refractivity contribution in [1.29, 1.82) is 0 Å². The summed E-state index contributed by atoms with van der Waals surface area (Å²) in [7, 11) is -5.48. The van der Waals surface area contributed by atoms with E-state index >= 15 is 0 Å². The molecule has 2 unspecified atom stereocenters. The zero-order chi connectivity index (χ0) is 55.2. The molecule has 0 bridgehead atoms. The number of nitrogens with zero attached hydrogens (tertiary/aromatic N) is 7. The summed E-state index contributed by atoms with van der Waals surface area (Å²) in [6.07, 6.45) is 6.70. The molecule has 12 rings (SSSR count). The van der Waals surface area contributed by atoms with Gasteiger partial charge in [0.1, 0.15) is 6.33 Å². The highest BCUT2D eigenvalue weighted by atomic mass is 28.3. The van der Waals surface area contributed by atoms with Crippen molar-refractivity contribution < 1.29 is 20.6 Å². The molecule has 1 aliphatic heterocycles. The van der Waals surface area contributed by atoms with Gasteiger partial charge in [-0.2, -0.15) is 15.0 Å². The molecule has 1 fully saturated rings. The average Bonchev–Trinajstić information content (AvgIpc) is 2.90. The highest BCUT2D eigenvalue weighted by molar-refractivity contribution is 7.19. The van der Waals surface area contributed by atoms with Crippen molar-refractivity contribution >= 4 is 73.0 Å². The van der Waals surface area contributed by atoms with Gasteiger partial charge in [-0.05, 0) is 63.4 Å². The van der Waals surface area contributed by atoms with E-state index in [0.29, 0.717) is 5.69 Å². The lowest BCUT2D eigenvalue weighted by atomic mass is 9.63. The van der Waals surface area contributed by atoms with Gasteiger partial charge in [0.2, 0.25) is 11.9 Å². The summed E-state index contributed by atoms with van der Waals surface area (Å²) in [5.74, 6) is 0.460. The smallest absolute Gasteiger partial charge is 0.240 e. The molecular weight excluding hydrogens is 787 g/mol. The van der Waals surface area contributed by atoms with Crippen LogP contribution in [0, 0.1) is 0 Å². The standard InChI is InChI=1S/C55H45N7Si/c1-54-33-16-17-34-55(54,2)62(48-36-56-37-57-50(48)54)53-59-51(58-52(60-53)61-46-30-15-14-29-45(46)49-44-28-13-12-19-38(44)31-32-47(49)61)39-20-18-27-43(35-39)63(40-21-6-3-7-22-40,41-23-8-4-9-24-41)42-25-10-5-11-26-42/h3-15,18-32,35-37H,16-17,33-34H2,1-2H3/i3D,4D,5D,6D,7D,8D,9D,10D,11D,21D,22D,23D,24D,25D,26D. The van der Waals surface area contributed by atoms with Crippen LogP contribution in [0.25, 0.3) is 49.9 Å². The quantitative estimate of drug-likeness (QED) is 0.118. The molecule has 0 saturated heterocycles. The first kappa shape index (κ1) is 25.0. The molecule has 2 aliphatic rings. The molecule has 7 nitrogen and oxygen atoms in total. The summed E-state index contributed by atoms with van der Waals surface area (Å²) in [6.45, 7) is 4.37. The number of para-hydroxylation sites is 1. The Kier molecular flexibility index (Phi) is 5.71. The van der Waals surface area contributed by atoms with Crippen LogP contribution in [0.15, 0.2) is 188 Å². The van der Waals surface area contributed by atoms with E-state index < -0.39 is 125 Å². The zero-order valence-corrected chi connectivity index (χ0v) is 35.2. The third-order valence-corrected chi connectivity index (χ3v) is 17.7. The van der Waals surface area contributed by atoms with Gasteiger partial charge in [-0.25, -0.2) is 9.97 Å². The van der Waals surface area contributed by atoms with E-state index in [-0.39, 0.29) is 28.5 Å². The van der Waals surface area contributed by atoms with Crippen molar-refractivity contribution in [2.75, 3.05) is 4.90 Å².